The second-order valence-electron chi connectivity index (χ2n) is 7.35. The molecule has 1 aliphatic heterocycles. The lowest BCUT2D eigenvalue weighted by Crippen LogP contribution is -2.33. The number of rotatable bonds is 4. The lowest BCUT2D eigenvalue weighted by atomic mass is 9.92. The third kappa shape index (κ3) is 3.40. The van der Waals surface area contributed by atoms with Crippen molar-refractivity contribution in [2.75, 3.05) is 12.1 Å². The fraction of sp³-hybridized carbons (Fsp3) is 0.409. The van der Waals surface area contributed by atoms with E-state index in [4.69, 9.17) is 9.84 Å². The Bertz CT molecular complexity index is 909. The average molecular weight is 360 g/mol. The maximum absolute atomic E-state index is 9.20. The van der Waals surface area contributed by atoms with Crippen LogP contribution in [0.4, 0.5) is 5.82 Å². The van der Waals surface area contributed by atoms with Crippen LogP contribution < -0.4 is 9.75 Å². The van der Waals surface area contributed by atoms with Crippen molar-refractivity contribution in [2.24, 2.45) is 11.0 Å². The molecule has 2 aliphatic rings. The quantitative estimate of drug-likeness (QED) is 0.808. The van der Waals surface area contributed by atoms with Gasteiger partial charge in [0, 0.05) is 12.0 Å². The zero-order valence-corrected chi connectivity index (χ0v) is 15.9. The fourth-order valence-electron chi connectivity index (χ4n) is 4.23. The van der Waals surface area contributed by atoms with Crippen molar-refractivity contribution in [2.45, 2.75) is 45.1 Å². The van der Waals surface area contributed by atoms with Gasteiger partial charge in [-0.2, -0.15) is 10.4 Å². The molecule has 1 aromatic carbocycles. The highest BCUT2D eigenvalue weighted by Crippen LogP contribution is 2.38. The number of aromatic nitrogens is 1. The van der Waals surface area contributed by atoms with E-state index >= 15 is 0 Å². The van der Waals surface area contributed by atoms with Crippen molar-refractivity contribution in [3.63, 3.8) is 0 Å². The molecule has 2 aromatic rings. The molecule has 0 unspecified atom stereocenters. The number of hydrogen-bond acceptors (Lipinski definition) is 5. The van der Waals surface area contributed by atoms with E-state index in [1.807, 2.05) is 37.3 Å². The first-order valence-electron chi connectivity index (χ1n) is 9.58. The van der Waals surface area contributed by atoms with Crippen LogP contribution in [-0.4, -0.2) is 23.8 Å². The Kier molecular flexibility index (Phi) is 4.81. The molecule has 1 aromatic heterocycles. The molecule has 1 saturated carbocycles. The van der Waals surface area contributed by atoms with E-state index in [0.29, 0.717) is 17.5 Å². The number of nitriles is 1. The van der Waals surface area contributed by atoms with Gasteiger partial charge in [0.1, 0.15) is 17.6 Å². The second kappa shape index (κ2) is 7.40. The van der Waals surface area contributed by atoms with Gasteiger partial charge in [0.05, 0.1) is 30.1 Å². The Balaban J connectivity index is 1.71. The van der Waals surface area contributed by atoms with E-state index in [1.54, 1.807) is 7.11 Å². The Morgan fingerprint density at radius 2 is 2.00 bits per heavy atom. The van der Waals surface area contributed by atoms with Crippen LogP contribution in [0, 0.1) is 24.2 Å². The van der Waals surface area contributed by atoms with Crippen LogP contribution in [0.1, 0.15) is 48.9 Å². The topological polar surface area (TPSA) is 61.5 Å². The van der Waals surface area contributed by atoms with E-state index in [9.17, 15) is 5.26 Å². The first-order chi connectivity index (χ1) is 13.2. The zero-order chi connectivity index (χ0) is 18.8. The van der Waals surface area contributed by atoms with Gasteiger partial charge in [-0.25, -0.2) is 9.99 Å². The SMILES string of the molecule is COc1cccc(C2=NN(c3ccc(C#N)c(C)n3)[C@@H](C3CCCC3)C2)c1. The smallest absolute Gasteiger partial charge is 0.149 e. The van der Waals surface area contributed by atoms with Crippen molar-refractivity contribution in [1.29, 1.82) is 5.26 Å². The number of nitrogens with zero attached hydrogens (tertiary/aromatic N) is 4. The van der Waals surface area contributed by atoms with Gasteiger partial charge in [0.2, 0.25) is 0 Å². The first kappa shape index (κ1) is 17.5. The van der Waals surface area contributed by atoms with Crippen LogP contribution in [-0.2, 0) is 0 Å². The number of anilines is 1. The molecular formula is C22H24N4O. The molecule has 138 valence electrons. The molecule has 0 radical (unpaired) electrons. The van der Waals surface area contributed by atoms with Crippen LogP contribution in [0.25, 0.3) is 0 Å². The van der Waals surface area contributed by atoms with E-state index < -0.39 is 0 Å². The molecule has 2 heterocycles. The van der Waals surface area contributed by atoms with E-state index in [-0.39, 0.29) is 0 Å². The molecule has 4 rings (SSSR count). The maximum Gasteiger partial charge on any atom is 0.149 e. The number of pyridine rings is 1. The van der Waals surface area contributed by atoms with Crippen LogP contribution in [0.5, 0.6) is 5.75 Å². The number of aryl methyl sites for hydroxylation is 1. The third-order valence-corrected chi connectivity index (χ3v) is 5.72. The summed E-state index contributed by atoms with van der Waals surface area (Å²) in [6, 6.07) is 14.4. The molecule has 5 nitrogen and oxygen atoms in total. The Labute approximate surface area is 160 Å². The van der Waals surface area contributed by atoms with Gasteiger partial charge in [-0.1, -0.05) is 25.0 Å². The number of benzene rings is 1. The summed E-state index contributed by atoms with van der Waals surface area (Å²) < 4.78 is 5.38. The number of ether oxygens (including phenoxy) is 1. The van der Waals surface area contributed by atoms with Crippen LogP contribution in [0.2, 0.25) is 0 Å². The highest BCUT2D eigenvalue weighted by atomic mass is 16.5. The number of hydrazone groups is 1. The molecule has 1 atom stereocenters. The van der Waals surface area contributed by atoms with Crippen molar-refractivity contribution < 1.29 is 4.74 Å². The predicted octanol–water partition coefficient (Wildman–Crippen LogP) is 4.44. The minimum Gasteiger partial charge on any atom is -0.497 e. The monoisotopic (exact) mass is 360 g/mol. The predicted molar refractivity (Wildman–Crippen MR) is 106 cm³/mol. The molecule has 0 saturated heterocycles. The summed E-state index contributed by atoms with van der Waals surface area (Å²) in [4.78, 5) is 4.68. The number of methoxy groups -OCH3 is 1. The largest absolute Gasteiger partial charge is 0.497 e. The standard InChI is InChI=1S/C22H24N4O/c1-15-18(14-23)10-11-22(24-15)26-21(16-6-3-4-7-16)13-20(25-26)17-8-5-9-19(12-17)27-2/h5,8-12,16,21H,3-4,6-7,13H2,1-2H3/t21-/m1/s1. The molecule has 0 N–H and O–H groups in total. The van der Waals surface area contributed by atoms with Crippen molar-refractivity contribution in [3.05, 3.63) is 53.2 Å². The third-order valence-electron chi connectivity index (χ3n) is 5.72. The molecule has 5 heteroatoms. The second-order valence-corrected chi connectivity index (χ2v) is 7.35. The molecule has 0 spiro atoms. The summed E-state index contributed by atoms with van der Waals surface area (Å²) in [7, 11) is 1.69. The van der Waals surface area contributed by atoms with Gasteiger partial charge in [0.15, 0.2) is 0 Å². The van der Waals surface area contributed by atoms with Crippen molar-refractivity contribution in [3.8, 4) is 11.8 Å². The van der Waals surface area contributed by atoms with Crippen molar-refractivity contribution in [1.82, 2.24) is 4.98 Å². The summed E-state index contributed by atoms with van der Waals surface area (Å²) >= 11 is 0. The molecule has 27 heavy (non-hydrogen) atoms. The van der Waals surface area contributed by atoms with Gasteiger partial charge in [-0.3, -0.25) is 0 Å². The summed E-state index contributed by atoms with van der Waals surface area (Å²) in [5.41, 5.74) is 3.55. The van der Waals surface area contributed by atoms with Gasteiger partial charge in [-0.15, -0.1) is 0 Å². The molecular weight excluding hydrogens is 336 g/mol. The van der Waals surface area contributed by atoms with Gasteiger partial charge in [0.25, 0.3) is 0 Å². The Morgan fingerprint density at radius 1 is 1.19 bits per heavy atom. The minimum absolute atomic E-state index is 0.327. The molecule has 0 amide bonds. The van der Waals surface area contributed by atoms with Crippen LogP contribution in [0.15, 0.2) is 41.5 Å². The van der Waals surface area contributed by atoms with Gasteiger partial charge >= 0.3 is 0 Å². The van der Waals surface area contributed by atoms with Crippen molar-refractivity contribution >= 4 is 11.5 Å². The van der Waals surface area contributed by atoms with E-state index in [0.717, 1.165) is 35.0 Å². The highest BCUT2D eigenvalue weighted by molar-refractivity contribution is 6.03. The van der Waals surface area contributed by atoms with E-state index in [1.165, 1.54) is 25.7 Å². The molecule has 0 bridgehead atoms. The Morgan fingerprint density at radius 3 is 2.70 bits per heavy atom. The summed E-state index contributed by atoms with van der Waals surface area (Å²) in [5.74, 6) is 2.31. The van der Waals surface area contributed by atoms with Crippen LogP contribution >= 0.6 is 0 Å². The zero-order valence-electron chi connectivity index (χ0n) is 15.9. The summed E-state index contributed by atoms with van der Waals surface area (Å²) in [6.07, 6.45) is 6.00. The van der Waals surface area contributed by atoms with E-state index in [2.05, 4.69) is 22.1 Å². The minimum atomic E-state index is 0.327. The first-order valence-corrected chi connectivity index (χ1v) is 9.58. The average Bonchev–Trinajstić information content (AvgIpc) is 3.37. The summed E-state index contributed by atoms with van der Waals surface area (Å²) in [5, 5.41) is 16.3. The van der Waals surface area contributed by atoms with Gasteiger partial charge in [-0.05, 0) is 49.9 Å². The fourth-order valence-corrected chi connectivity index (χ4v) is 4.23. The summed E-state index contributed by atoms with van der Waals surface area (Å²) in [6.45, 7) is 1.88. The lowest BCUT2D eigenvalue weighted by Gasteiger charge is -2.27. The van der Waals surface area contributed by atoms with Crippen LogP contribution in [0.3, 0.4) is 0 Å². The number of hydrogen-bond donors (Lipinski definition) is 0. The highest BCUT2D eigenvalue weighted by Gasteiger charge is 2.36. The lowest BCUT2D eigenvalue weighted by molar-refractivity contribution is 0.414. The molecule has 1 aliphatic carbocycles. The normalized spacial score (nSPS) is 19.8. The Hall–Kier alpha value is -2.87. The van der Waals surface area contributed by atoms with Gasteiger partial charge < -0.3 is 4.74 Å². The molecule has 1 fully saturated rings. The maximum atomic E-state index is 9.20.